The second kappa shape index (κ2) is 34.9. The van der Waals surface area contributed by atoms with Crippen molar-refractivity contribution in [2.24, 2.45) is 0 Å². The zero-order valence-corrected chi connectivity index (χ0v) is 67.5. The van der Waals surface area contributed by atoms with Crippen molar-refractivity contribution in [2.45, 2.75) is 243 Å². The number of aldehydes is 1. The summed E-state index contributed by atoms with van der Waals surface area (Å²) in [6, 6.07) is 28.4. The Morgan fingerprint density at radius 1 is 0.427 bits per heavy atom. The van der Waals surface area contributed by atoms with Gasteiger partial charge in [-0.15, -0.1) is 0 Å². The number of rotatable bonds is 21. The number of aryl methyl sites for hydroxylation is 4. The number of ether oxygens (including phenoxy) is 15. The van der Waals surface area contributed by atoms with E-state index < -0.39 is 153 Å². The first kappa shape index (κ1) is 87.6. The molecule has 15 rings (SSSR count). The summed E-state index contributed by atoms with van der Waals surface area (Å²) in [6.07, 6.45) is 2.38. The van der Waals surface area contributed by atoms with Crippen LogP contribution in [0.1, 0.15) is 145 Å². The molecule has 5 N–H and O–H groups in total. The summed E-state index contributed by atoms with van der Waals surface area (Å²) < 4.78 is 95.8. The van der Waals surface area contributed by atoms with Crippen LogP contribution >= 0.6 is 0 Å². The minimum atomic E-state index is -1.48. The lowest BCUT2D eigenvalue weighted by Gasteiger charge is -2.38. The Morgan fingerprint density at radius 2 is 0.769 bits per heavy atom. The van der Waals surface area contributed by atoms with Crippen molar-refractivity contribution in [2.75, 3.05) is 52.9 Å². The molecule has 0 aliphatic carbocycles. The monoisotopic (exact) mass is 1640 g/mol. The highest BCUT2D eigenvalue weighted by Gasteiger charge is 2.67. The van der Waals surface area contributed by atoms with Crippen molar-refractivity contribution in [1.29, 1.82) is 0 Å². The highest BCUT2D eigenvalue weighted by molar-refractivity contribution is 5.59. The molecule has 8 aliphatic heterocycles. The number of hydrogen-bond acceptors (Lipinski definition) is 28. The quantitative estimate of drug-likeness (QED) is 0.0645. The van der Waals surface area contributed by atoms with Crippen LogP contribution in [-0.2, 0) is 116 Å². The fraction of sp³-hybridized carbons (Fsp3) is 0.568. The summed E-state index contributed by atoms with van der Waals surface area (Å²) >= 11 is 0. The van der Waals surface area contributed by atoms with E-state index in [1.165, 1.54) is 43.1 Å². The molecule has 8 aliphatic rings. The van der Waals surface area contributed by atoms with E-state index in [2.05, 4.69) is 4.98 Å². The molecule has 0 saturated carbocycles. The molecule has 12 heterocycles. The number of aromatic nitrogens is 8. The third-order valence-corrected chi connectivity index (χ3v) is 21.8. The van der Waals surface area contributed by atoms with Crippen LogP contribution in [-0.4, -0.2) is 186 Å². The zero-order valence-electron chi connectivity index (χ0n) is 67.5. The van der Waals surface area contributed by atoms with Crippen LogP contribution in [0.25, 0.3) is 0 Å². The van der Waals surface area contributed by atoms with Crippen LogP contribution < -0.4 is 45.0 Å². The smallest absolute Gasteiger partial charge is 0.335 e. The summed E-state index contributed by atoms with van der Waals surface area (Å²) in [7, 11) is 0. The van der Waals surface area contributed by atoms with E-state index >= 15 is 0 Å². The molecular formula is C81H104N8O28. The molecule has 8 saturated heterocycles. The van der Waals surface area contributed by atoms with Gasteiger partial charge in [0.1, 0.15) is 91.4 Å². The van der Waals surface area contributed by atoms with Gasteiger partial charge in [-0.2, -0.15) is 0 Å². The number of carbonyl (C=O) groups excluding carboxylic acids is 1. The Balaban J connectivity index is 0.000000145. The number of hydrogen-bond donors (Lipinski definition) is 5. The first-order valence-electron chi connectivity index (χ1n) is 38.5. The Morgan fingerprint density at radius 3 is 1.12 bits per heavy atom. The van der Waals surface area contributed by atoms with Gasteiger partial charge < -0.3 is 96.3 Å². The summed E-state index contributed by atoms with van der Waals surface area (Å²) in [5, 5.41) is 39.7. The molecule has 4 unspecified atom stereocenters. The molecule has 117 heavy (non-hydrogen) atoms. The number of nitrogens with zero attached hydrogens (tertiary/aromatic N) is 7. The van der Waals surface area contributed by atoms with E-state index in [1.54, 1.807) is 83.1 Å². The first-order chi connectivity index (χ1) is 55.4. The summed E-state index contributed by atoms with van der Waals surface area (Å²) in [5.41, 5.74) is -5.04. The Bertz CT molecular complexity index is 5190. The molecule has 36 heteroatoms. The topological polar surface area (TPSA) is 423 Å². The molecule has 636 valence electrons. The molecule has 0 radical (unpaired) electrons. The maximum Gasteiger partial charge on any atom is 0.335 e. The van der Waals surface area contributed by atoms with E-state index in [0.29, 0.717) is 41.4 Å². The van der Waals surface area contributed by atoms with Crippen LogP contribution in [0.5, 0.6) is 0 Å². The highest BCUT2D eigenvalue weighted by Crippen LogP contribution is 2.53. The first-order valence-corrected chi connectivity index (χ1v) is 38.5. The van der Waals surface area contributed by atoms with Gasteiger partial charge in [-0.1, -0.05) is 91.0 Å². The minimum Gasteiger partial charge on any atom is -0.394 e. The van der Waals surface area contributed by atoms with E-state index in [9.17, 15) is 63.6 Å². The van der Waals surface area contributed by atoms with Gasteiger partial charge in [0.05, 0.1) is 72.7 Å². The highest BCUT2D eigenvalue weighted by atomic mass is 16.8. The largest absolute Gasteiger partial charge is 0.394 e. The molecule has 3 aromatic carbocycles. The lowest BCUT2D eigenvalue weighted by atomic mass is 9.84. The van der Waals surface area contributed by atoms with Gasteiger partial charge in [-0.05, 0) is 99.8 Å². The van der Waals surface area contributed by atoms with E-state index in [1.807, 2.05) is 91.0 Å². The standard InChI is InChI=1S/C23H30N2O8.C22H28N2O7.C22H26N2O7.C14H20N2O6/c1-16-10-24(20(29)25(19(16)28)15-30-11-17-7-5-4-6-8-17)18-9-22(14-31-21(2,3)33-22)23(12-26,13-27)32-18;2*1-15-10-23(18-9-22(17(11-25)30-18)13-29-21(2,3)31-22)20(27)24(19(15)26)14-28-12-16-7-5-4-6-8-16;1-8-5-16(12(19)15-11(8)18)10-4-14(9(6-17)21-10)7-20-13(2,3)22-14/h4-8,10,18,26-27H,9,11-15H2,1-3H3;4-8,10,17-18,25H,9,11-14H2,1-3H3;4-8,10-11,17-18H,9,12-14H2,1-3H3;5,9-10,17H,4,6-7H2,1-3H3,(H,15,18,19)/t18-,22?;2*17-,18-,22?;9-,10-,14?/m1111/s1. The van der Waals surface area contributed by atoms with Gasteiger partial charge in [0.2, 0.25) is 0 Å². The Labute approximate surface area is 670 Å². The van der Waals surface area contributed by atoms with Crippen molar-refractivity contribution >= 4 is 6.29 Å². The SMILES string of the molecule is Cc1cn([C@H]2CC3(COC(C)(C)O3)C(CO)(CO)O2)c(=O)n(COCc2ccccc2)c1=O.Cc1cn([C@H]2CC3(COC(C)(C)O3)[C@@H](C=O)O2)c(=O)n(COCc2ccccc2)c1=O.Cc1cn([C@H]2CC3(COC(C)(C)O3)[C@@H](CO)O2)c(=O)[nH]c1=O.Cc1cn([C@H]2CC3(COC(C)(C)O3)[C@@H](CO)O2)c(=O)n(COCc2ccccc2)c1=O. The number of benzene rings is 3. The molecule has 0 bridgehead atoms. The second-order valence-corrected chi connectivity index (χ2v) is 32.3. The number of aliphatic hydroxyl groups is 4. The average molecular weight is 1640 g/mol. The van der Waals surface area contributed by atoms with Crippen LogP contribution in [0, 0.1) is 27.7 Å². The minimum absolute atomic E-state index is 0.0746. The van der Waals surface area contributed by atoms with E-state index in [4.69, 9.17) is 71.1 Å². The zero-order chi connectivity index (χ0) is 84.4. The lowest BCUT2D eigenvalue weighted by Crippen LogP contribution is -2.58. The molecule has 11 atom stereocenters. The number of carbonyl (C=O) groups is 1. The molecule has 0 amide bonds. The van der Waals surface area contributed by atoms with Crippen LogP contribution in [0.3, 0.4) is 0 Å². The third-order valence-electron chi connectivity index (χ3n) is 21.8. The predicted molar refractivity (Wildman–Crippen MR) is 412 cm³/mol. The second-order valence-electron chi connectivity index (χ2n) is 32.3. The van der Waals surface area contributed by atoms with E-state index in [0.717, 1.165) is 30.4 Å². The summed E-state index contributed by atoms with van der Waals surface area (Å²) in [6.45, 7) is 20.0. The third kappa shape index (κ3) is 18.5. The molecule has 7 aromatic rings. The van der Waals surface area contributed by atoms with Crippen LogP contribution in [0.4, 0.5) is 0 Å². The Hall–Kier alpha value is -8.71. The predicted octanol–water partition coefficient (Wildman–Crippen LogP) is 3.10. The van der Waals surface area contributed by atoms with Gasteiger partial charge in [-0.25, -0.2) is 32.9 Å². The van der Waals surface area contributed by atoms with Crippen LogP contribution in [0.2, 0.25) is 0 Å². The van der Waals surface area contributed by atoms with Crippen molar-refractivity contribution in [3.8, 4) is 0 Å². The molecule has 4 aromatic heterocycles. The van der Waals surface area contributed by atoms with Crippen molar-refractivity contribution < 1.29 is 96.3 Å². The van der Waals surface area contributed by atoms with Gasteiger partial charge in [0.15, 0.2) is 29.4 Å². The fourth-order valence-corrected chi connectivity index (χ4v) is 15.8. The maximum atomic E-state index is 13.3. The number of aliphatic hydroxyl groups excluding tert-OH is 4. The summed E-state index contributed by atoms with van der Waals surface area (Å²) in [5.74, 6) is -3.38. The lowest BCUT2D eigenvalue weighted by molar-refractivity contribution is -0.220. The van der Waals surface area contributed by atoms with Crippen LogP contribution in [0.15, 0.2) is 154 Å². The Kier molecular flexibility index (Phi) is 26.2. The average Bonchev–Trinajstić information content (AvgIpc) is 1.56. The normalized spacial score (nSPS) is 27.9. The van der Waals surface area contributed by atoms with Gasteiger partial charge >= 0.3 is 22.8 Å². The number of aromatic amines is 1. The molecule has 4 spiro atoms. The van der Waals surface area contributed by atoms with Gasteiger partial charge in [0, 0.05) is 72.7 Å². The summed E-state index contributed by atoms with van der Waals surface area (Å²) in [4.78, 5) is 115. The number of nitrogens with one attached hydrogen (secondary N) is 1. The van der Waals surface area contributed by atoms with Crippen molar-refractivity contribution in [3.63, 3.8) is 0 Å². The van der Waals surface area contributed by atoms with Crippen molar-refractivity contribution in [3.05, 3.63) is 238 Å². The van der Waals surface area contributed by atoms with Gasteiger partial charge in [-0.3, -0.25) is 42.4 Å². The van der Waals surface area contributed by atoms with Crippen molar-refractivity contribution in [1.82, 2.24) is 37.0 Å². The maximum absolute atomic E-state index is 13.3. The fourth-order valence-electron chi connectivity index (χ4n) is 15.8. The molecular weight excluding hydrogens is 1530 g/mol. The molecule has 36 nitrogen and oxygen atoms in total. The molecule has 8 fully saturated rings. The van der Waals surface area contributed by atoms with E-state index in [-0.39, 0.29) is 92.5 Å². The number of H-pyrrole nitrogens is 1. The van der Waals surface area contributed by atoms with Gasteiger partial charge in [0.25, 0.3) is 22.2 Å².